The van der Waals surface area contributed by atoms with E-state index in [0.717, 1.165) is 54.7 Å². The third-order valence-corrected chi connectivity index (χ3v) is 5.77. The highest BCUT2D eigenvalue weighted by Crippen LogP contribution is 2.32. The highest BCUT2D eigenvalue weighted by Gasteiger charge is 2.31. The summed E-state index contributed by atoms with van der Waals surface area (Å²) in [7, 11) is 0. The van der Waals surface area contributed by atoms with E-state index in [2.05, 4.69) is 25.3 Å². The van der Waals surface area contributed by atoms with Crippen LogP contribution in [0.2, 0.25) is 0 Å². The molecule has 0 bridgehead atoms. The van der Waals surface area contributed by atoms with Gasteiger partial charge in [0.25, 0.3) is 0 Å². The molecule has 0 spiro atoms. The molecule has 3 aromatic heterocycles. The van der Waals surface area contributed by atoms with E-state index in [1.165, 1.54) is 0 Å². The molecule has 0 radical (unpaired) electrons. The van der Waals surface area contributed by atoms with Gasteiger partial charge in [-0.25, -0.2) is 15.0 Å². The number of anilines is 3. The zero-order valence-corrected chi connectivity index (χ0v) is 17.2. The normalized spacial score (nSPS) is 17.3. The minimum absolute atomic E-state index is 0.0805. The number of ether oxygens (including phenoxy) is 1. The standard InChI is InChI=1S/C21H22F3N7O/c22-21(23,24)14-1-5-25-18(9-14)29-19-10-16(13-3-7-32-8-4-13)28-20(30-19)31-6-2-15-17(11-31)27-12-26-15/h1,5,9-10,12-13H,2-4,6-8,11H2,(H,26,27)(H,25,28,29,30). The number of fused-ring (bicyclic) bond motifs is 1. The maximum absolute atomic E-state index is 13.1. The van der Waals surface area contributed by atoms with Crippen molar-refractivity contribution in [3.05, 3.63) is 53.4 Å². The molecule has 5 rings (SSSR count). The van der Waals surface area contributed by atoms with Gasteiger partial charge in [0.1, 0.15) is 11.6 Å². The van der Waals surface area contributed by atoms with Gasteiger partial charge in [-0.2, -0.15) is 18.2 Å². The number of halogens is 3. The van der Waals surface area contributed by atoms with Gasteiger partial charge in [0, 0.05) is 44.4 Å². The van der Waals surface area contributed by atoms with Crippen molar-refractivity contribution < 1.29 is 17.9 Å². The monoisotopic (exact) mass is 445 g/mol. The first-order valence-corrected chi connectivity index (χ1v) is 10.5. The maximum Gasteiger partial charge on any atom is 0.416 e. The number of nitrogens with one attached hydrogen (secondary N) is 2. The summed E-state index contributed by atoms with van der Waals surface area (Å²) < 4.78 is 44.8. The molecule has 1 saturated heterocycles. The van der Waals surface area contributed by atoms with E-state index in [0.29, 0.717) is 38.1 Å². The molecule has 0 aliphatic carbocycles. The fourth-order valence-electron chi connectivity index (χ4n) is 4.05. The van der Waals surface area contributed by atoms with Gasteiger partial charge in [-0.05, 0) is 25.0 Å². The van der Waals surface area contributed by atoms with Crippen LogP contribution in [-0.4, -0.2) is 44.7 Å². The third-order valence-electron chi connectivity index (χ3n) is 5.77. The van der Waals surface area contributed by atoms with Crippen LogP contribution >= 0.6 is 0 Å². The van der Waals surface area contributed by atoms with Crippen molar-refractivity contribution in [1.82, 2.24) is 24.9 Å². The van der Waals surface area contributed by atoms with Crippen LogP contribution in [0.15, 0.2) is 30.7 Å². The van der Waals surface area contributed by atoms with Crippen molar-refractivity contribution in [2.24, 2.45) is 0 Å². The quantitative estimate of drug-likeness (QED) is 0.631. The number of aromatic amines is 1. The summed E-state index contributed by atoms with van der Waals surface area (Å²) in [5.41, 5.74) is 2.14. The van der Waals surface area contributed by atoms with E-state index in [-0.39, 0.29) is 11.7 Å². The first kappa shape index (κ1) is 20.7. The van der Waals surface area contributed by atoms with E-state index in [9.17, 15) is 13.2 Å². The smallest absolute Gasteiger partial charge is 0.381 e. The van der Waals surface area contributed by atoms with Crippen LogP contribution in [-0.2, 0) is 23.9 Å². The molecule has 5 heterocycles. The Morgan fingerprint density at radius 2 is 1.94 bits per heavy atom. The molecule has 2 N–H and O–H groups in total. The molecule has 0 amide bonds. The van der Waals surface area contributed by atoms with Crippen LogP contribution in [0.1, 0.15) is 41.4 Å². The fraction of sp³-hybridized carbons (Fsp3) is 0.429. The van der Waals surface area contributed by atoms with Gasteiger partial charge in [0.05, 0.1) is 35.5 Å². The van der Waals surface area contributed by atoms with Crippen LogP contribution in [0.25, 0.3) is 0 Å². The highest BCUT2D eigenvalue weighted by molar-refractivity contribution is 5.55. The molecule has 3 aromatic rings. The Morgan fingerprint density at radius 3 is 2.75 bits per heavy atom. The Labute approximate surface area is 182 Å². The lowest BCUT2D eigenvalue weighted by atomic mass is 9.96. The highest BCUT2D eigenvalue weighted by atomic mass is 19.4. The molecule has 1 fully saturated rings. The summed E-state index contributed by atoms with van der Waals surface area (Å²) in [6.07, 6.45) is 0.808. The summed E-state index contributed by atoms with van der Waals surface area (Å²) in [6, 6.07) is 3.72. The van der Waals surface area contributed by atoms with Crippen molar-refractivity contribution in [1.29, 1.82) is 0 Å². The average Bonchev–Trinajstić information content (AvgIpc) is 3.27. The zero-order chi connectivity index (χ0) is 22.1. The van der Waals surface area contributed by atoms with E-state index in [1.807, 2.05) is 4.90 Å². The molecule has 2 aliphatic rings. The number of nitrogens with zero attached hydrogens (tertiary/aromatic N) is 5. The summed E-state index contributed by atoms with van der Waals surface area (Å²) in [4.78, 5) is 23.0. The first-order valence-electron chi connectivity index (χ1n) is 10.5. The Kier molecular flexibility index (Phi) is 5.41. The number of H-pyrrole nitrogens is 1. The maximum atomic E-state index is 13.1. The number of imidazole rings is 1. The van der Waals surface area contributed by atoms with Gasteiger partial charge in [-0.15, -0.1) is 0 Å². The number of rotatable bonds is 4. The molecule has 168 valence electrons. The summed E-state index contributed by atoms with van der Waals surface area (Å²) in [5.74, 6) is 1.23. The van der Waals surface area contributed by atoms with Crippen LogP contribution in [0.5, 0.6) is 0 Å². The lowest BCUT2D eigenvalue weighted by Gasteiger charge is -2.28. The molecule has 0 unspecified atom stereocenters. The van der Waals surface area contributed by atoms with Crippen LogP contribution < -0.4 is 10.2 Å². The summed E-state index contributed by atoms with van der Waals surface area (Å²) in [6.45, 7) is 2.61. The van der Waals surface area contributed by atoms with Crippen LogP contribution in [0.4, 0.5) is 30.8 Å². The lowest BCUT2D eigenvalue weighted by molar-refractivity contribution is -0.137. The largest absolute Gasteiger partial charge is 0.416 e. The van der Waals surface area contributed by atoms with Crippen molar-refractivity contribution in [2.75, 3.05) is 30.0 Å². The fourth-order valence-corrected chi connectivity index (χ4v) is 4.05. The van der Waals surface area contributed by atoms with Gasteiger partial charge in [-0.3, -0.25) is 0 Å². The molecule has 11 heteroatoms. The van der Waals surface area contributed by atoms with Crippen molar-refractivity contribution in [2.45, 2.75) is 37.9 Å². The molecule has 32 heavy (non-hydrogen) atoms. The summed E-state index contributed by atoms with van der Waals surface area (Å²) in [5, 5.41) is 2.95. The molecule has 2 aliphatic heterocycles. The molecule has 0 saturated carbocycles. The predicted molar refractivity (Wildman–Crippen MR) is 111 cm³/mol. The topological polar surface area (TPSA) is 91.9 Å². The average molecular weight is 445 g/mol. The van der Waals surface area contributed by atoms with Gasteiger partial charge in [0.2, 0.25) is 5.95 Å². The Bertz CT molecular complexity index is 1090. The molecular formula is C21H22F3N7O. The molecule has 0 atom stereocenters. The number of pyridine rings is 1. The molecular weight excluding hydrogens is 423 g/mol. The van der Waals surface area contributed by atoms with E-state index in [4.69, 9.17) is 9.72 Å². The Hall–Kier alpha value is -3.21. The second-order valence-electron chi connectivity index (χ2n) is 7.92. The second-order valence-corrected chi connectivity index (χ2v) is 7.92. The molecule has 0 aromatic carbocycles. The minimum atomic E-state index is -4.45. The van der Waals surface area contributed by atoms with Gasteiger partial charge in [0.15, 0.2) is 0 Å². The number of alkyl halides is 3. The predicted octanol–water partition coefficient (Wildman–Crippen LogP) is 3.81. The van der Waals surface area contributed by atoms with Crippen molar-refractivity contribution in [3.8, 4) is 0 Å². The lowest BCUT2D eigenvalue weighted by Crippen LogP contribution is -2.32. The second kappa shape index (κ2) is 8.38. The molecule has 8 nitrogen and oxygen atoms in total. The van der Waals surface area contributed by atoms with E-state index >= 15 is 0 Å². The Morgan fingerprint density at radius 1 is 1.09 bits per heavy atom. The number of hydrogen-bond donors (Lipinski definition) is 2. The van der Waals surface area contributed by atoms with Crippen LogP contribution in [0, 0.1) is 0 Å². The van der Waals surface area contributed by atoms with Gasteiger partial charge in [-0.1, -0.05) is 0 Å². The SMILES string of the molecule is FC(F)(F)c1ccnc(Nc2cc(C3CCOCC3)nc(N3CCc4nc[nH]c4C3)n2)c1. The minimum Gasteiger partial charge on any atom is -0.381 e. The Balaban J connectivity index is 1.47. The summed E-state index contributed by atoms with van der Waals surface area (Å²) >= 11 is 0. The van der Waals surface area contributed by atoms with Gasteiger partial charge >= 0.3 is 6.18 Å². The van der Waals surface area contributed by atoms with E-state index in [1.54, 1.807) is 12.4 Å². The van der Waals surface area contributed by atoms with Crippen molar-refractivity contribution in [3.63, 3.8) is 0 Å². The van der Waals surface area contributed by atoms with Gasteiger partial charge < -0.3 is 19.9 Å². The van der Waals surface area contributed by atoms with Crippen LogP contribution in [0.3, 0.4) is 0 Å². The van der Waals surface area contributed by atoms with Crippen molar-refractivity contribution >= 4 is 17.6 Å². The number of hydrogen-bond acceptors (Lipinski definition) is 7. The zero-order valence-electron chi connectivity index (χ0n) is 17.2. The van der Waals surface area contributed by atoms with E-state index < -0.39 is 11.7 Å². The number of aromatic nitrogens is 5. The first-order chi connectivity index (χ1) is 15.5. The third kappa shape index (κ3) is 4.38.